The van der Waals surface area contributed by atoms with Crippen molar-refractivity contribution in [1.82, 2.24) is 0 Å². The third-order valence-corrected chi connectivity index (χ3v) is 4.39. The topological polar surface area (TPSA) is 88.4 Å². The predicted octanol–water partition coefficient (Wildman–Crippen LogP) is 1.23. The molecular formula is C20H24O6. The summed E-state index contributed by atoms with van der Waals surface area (Å²) in [6, 6.07) is 19.0. The molecule has 3 N–H and O–H groups in total. The predicted molar refractivity (Wildman–Crippen MR) is 94.0 cm³/mol. The molecular weight excluding hydrogens is 336 g/mol. The van der Waals surface area contributed by atoms with Crippen molar-refractivity contribution in [3.05, 3.63) is 71.8 Å². The molecule has 1 aliphatic heterocycles. The van der Waals surface area contributed by atoms with E-state index in [2.05, 4.69) is 0 Å². The van der Waals surface area contributed by atoms with Gasteiger partial charge < -0.3 is 29.5 Å². The Balaban J connectivity index is 1.64. The van der Waals surface area contributed by atoms with E-state index >= 15 is 0 Å². The summed E-state index contributed by atoms with van der Waals surface area (Å²) in [5.74, 6) is 0. The van der Waals surface area contributed by atoms with Crippen LogP contribution in [0.15, 0.2) is 60.7 Å². The van der Waals surface area contributed by atoms with Crippen LogP contribution in [0.1, 0.15) is 11.1 Å². The number of hydrogen-bond acceptors (Lipinski definition) is 6. The summed E-state index contributed by atoms with van der Waals surface area (Å²) >= 11 is 0. The van der Waals surface area contributed by atoms with Crippen LogP contribution in [0.25, 0.3) is 0 Å². The van der Waals surface area contributed by atoms with Gasteiger partial charge in [0.05, 0.1) is 19.8 Å². The fourth-order valence-corrected chi connectivity index (χ4v) is 2.98. The smallest absolute Gasteiger partial charge is 0.184 e. The summed E-state index contributed by atoms with van der Waals surface area (Å²) in [4.78, 5) is 0. The molecule has 1 saturated heterocycles. The molecule has 2 aromatic rings. The highest BCUT2D eigenvalue weighted by molar-refractivity contribution is 5.14. The van der Waals surface area contributed by atoms with Crippen LogP contribution in [-0.4, -0.2) is 52.6 Å². The zero-order valence-corrected chi connectivity index (χ0v) is 14.3. The van der Waals surface area contributed by atoms with Gasteiger partial charge in [-0.1, -0.05) is 60.7 Å². The van der Waals surface area contributed by atoms with Gasteiger partial charge in [0.25, 0.3) is 0 Å². The highest BCUT2D eigenvalue weighted by atomic mass is 16.7. The molecule has 2 unspecified atom stereocenters. The summed E-state index contributed by atoms with van der Waals surface area (Å²) in [5, 5.41) is 30.3. The molecule has 0 spiro atoms. The molecule has 2 aromatic carbocycles. The van der Waals surface area contributed by atoms with E-state index in [-0.39, 0.29) is 19.8 Å². The van der Waals surface area contributed by atoms with Gasteiger partial charge >= 0.3 is 0 Å². The van der Waals surface area contributed by atoms with E-state index in [4.69, 9.17) is 14.2 Å². The molecule has 1 aliphatic rings. The molecule has 0 aliphatic carbocycles. The van der Waals surface area contributed by atoms with Gasteiger partial charge in [-0.05, 0) is 11.1 Å². The maximum atomic E-state index is 10.7. The first kappa shape index (κ1) is 19.0. The van der Waals surface area contributed by atoms with E-state index in [0.717, 1.165) is 11.1 Å². The summed E-state index contributed by atoms with van der Waals surface area (Å²) in [7, 11) is 0. The average molecular weight is 360 g/mol. The zero-order chi connectivity index (χ0) is 18.4. The molecule has 0 bridgehead atoms. The molecule has 0 saturated carbocycles. The van der Waals surface area contributed by atoms with Gasteiger partial charge in [-0.25, -0.2) is 0 Å². The van der Waals surface area contributed by atoms with E-state index in [0.29, 0.717) is 0 Å². The highest BCUT2D eigenvalue weighted by Gasteiger charge is 2.45. The van der Waals surface area contributed by atoms with Crippen molar-refractivity contribution in [2.75, 3.05) is 6.61 Å². The SMILES string of the molecule is OCC1O[C@H](O)C(OCc2ccccc2)[C@@H](O)[C@@H]1OCc1ccccc1. The number of ether oxygens (including phenoxy) is 3. The van der Waals surface area contributed by atoms with Gasteiger partial charge in [-0.3, -0.25) is 0 Å². The molecule has 5 atom stereocenters. The van der Waals surface area contributed by atoms with Gasteiger partial charge in [0.1, 0.15) is 24.4 Å². The van der Waals surface area contributed by atoms with Gasteiger partial charge in [-0.2, -0.15) is 0 Å². The standard InChI is InChI=1S/C20H24O6/c21-11-16-18(24-12-14-7-3-1-4-8-14)17(22)19(20(23)26-16)25-13-15-9-5-2-6-10-15/h1-10,16-23H,11-13H2/t16?,17-,18+,19?,20-/m0/s1. The van der Waals surface area contributed by atoms with E-state index in [1.54, 1.807) is 0 Å². The Labute approximate surface area is 152 Å². The molecule has 1 fully saturated rings. The second kappa shape index (κ2) is 9.23. The number of aliphatic hydroxyl groups excluding tert-OH is 3. The Morgan fingerprint density at radius 2 is 1.27 bits per heavy atom. The monoisotopic (exact) mass is 360 g/mol. The molecule has 3 rings (SSSR count). The minimum atomic E-state index is -1.34. The summed E-state index contributed by atoms with van der Waals surface area (Å²) in [6.07, 6.45) is -5.10. The maximum Gasteiger partial charge on any atom is 0.184 e. The average Bonchev–Trinajstić information content (AvgIpc) is 2.68. The van der Waals surface area contributed by atoms with Crippen molar-refractivity contribution in [2.45, 2.75) is 43.9 Å². The first-order chi connectivity index (χ1) is 12.7. The number of hydrogen-bond donors (Lipinski definition) is 3. The van der Waals surface area contributed by atoms with Crippen LogP contribution in [-0.2, 0) is 27.4 Å². The van der Waals surface area contributed by atoms with Crippen LogP contribution in [0.3, 0.4) is 0 Å². The van der Waals surface area contributed by atoms with Crippen LogP contribution in [0.2, 0.25) is 0 Å². The fraction of sp³-hybridized carbons (Fsp3) is 0.400. The third-order valence-electron chi connectivity index (χ3n) is 4.39. The number of benzene rings is 2. The van der Waals surface area contributed by atoms with Crippen molar-refractivity contribution >= 4 is 0 Å². The Bertz CT molecular complexity index is 650. The first-order valence-electron chi connectivity index (χ1n) is 8.62. The summed E-state index contributed by atoms with van der Waals surface area (Å²) in [6.45, 7) is 0.0983. The maximum absolute atomic E-state index is 10.7. The van der Waals surface area contributed by atoms with Gasteiger partial charge in [0, 0.05) is 0 Å². The number of rotatable bonds is 7. The third kappa shape index (κ3) is 4.67. The molecule has 1 heterocycles. The second-order valence-electron chi connectivity index (χ2n) is 6.26. The van der Waals surface area contributed by atoms with Crippen molar-refractivity contribution < 1.29 is 29.5 Å². The lowest BCUT2D eigenvalue weighted by molar-refractivity contribution is -0.306. The molecule has 140 valence electrons. The Kier molecular flexibility index (Phi) is 6.73. The van der Waals surface area contributed by atoms with Crippen LogP contribution in [0.4, 0.5) is 0 Å². The van der Waals surface area contributed by atoms with Gasteiger partial charge in [0.2, 0.25) is 0 Å². The summed E-state index contributed by atoms with van der Waals surface area (Å²) < 4.78 is 16.9. The second-order valence-corrected chi connectivity index (χ2v) is 6.26. The molecule has 0 aromatic heterocycles. The van der Waals surface area contributed by atoms with E-state index in [1.807, 2.05) is 60.7 Å². The fourth-order valence-electron chi connectivity index (χ4n) is 2.98. The van der Waals surface area contributed by atoms with E-state index < -0.39 is 30.7 Å². The lowest BCUT2D eigenvalue weighted by atomic mass is 9.98. The lowest BCUT2D eigenvalue weighted by Crippen LogP contribution is -2.60. The van der Waals surface area contributed by atoms with Crippen LogP contribution < -0.4 is 0 Å². The molecule has 6 nitrogen and oxygen atoms in total. The zero-order valence-electron chi connectivity index (χ0n) is 14.3. The van der Waals surface area contributed by atoms with Crippen molar-refractivity contribution in [3.63, 3.8) is 0 Å². The van der Waals surface area contributed by atoms with Crippen LogP contribution >= 0.6 is 0 Å². The highest BCUT2D eigenvalue weighted by Crippen LogP contribution is 2.26. The minimum absolute atomic E-state index is 0.220. The first-order valence-corrected chi connectivity index (χ1v) is 8.62. The Morgan fingerprint density at radius 3 is 1.77 bits per heavy atom. The lowest BCUT2D eigenvalue weighted by Gasteiger charge is -2.41. The number of aliphatic hydroxyl groups is 3. The normalized spacial score (nSPS) is 28.8. The van der Waals surface area contributed by atoms with Gasteiger partial charge in [-0.15, -0.1) is 0 Å². The molecule has 6 heteroatoms. The van der Waals surface area contributed by atoms with E-state index in [9.17, 15) is 15.3 Å². The molecule has 0 radical (unpaired) electrons. The molecule has 26 heavy (non-hydrogen) atoms. The van der Waals surface area contributed by atoms with Crippen molar-refractivity contribution in [1.29, 1.82) is 0 Å². The van der Waals surface area contributed by atoms with Crippen LogP contribution in [0, 0.1) is 0 Å². The van der Waals surface area contributed by atoms with Crippen molar-refractivity contribution in [3.8, 4) is 0 Å². The van der Waals surface area contributed by atoms with Crippen molar-refractivity contribution in [2.24, 2.45) is 0 Å². The largest absolute Gasteiger partial charge is 0.394 e. The van der Waals surface area contributed by atoms with Gasteiger partial charge in [0.15, 0.2) is 6.29 Å². The Hall–Kier alpha value is -1.80. The van der Waals surface area contributed by atoms with E-state index in [1.165, 1.54) is 0 Å². The van der Waals surface area contributed by atoms with Crippen LogP contribution in [0.5, 0.6) is 0 Å². The quantitative estimate of drug-likeness (QED) is 0.688. The molecule has 0 amide bonds. The Morgan fingerprint density at radius 1 is 0.769 bits per heavy atom. The minimum Gasteiger partial charge on any atom is -0.394 e. The summed E-state index contributed by atoms with van der Waals surface area (Å²) in [5.41, 5.74) is 1.85.